The fraction of sp³-hybridized carbons (Fsp3) is 0. The minimum absolute atomic E-state index is 0.516. The van der Waals surface area contributed by atoms with Gasteiger partial charge in [-0.25, -0.2) is 19.9 Å². The van der Waals surface area contributed by atoms with Crippen LogP contribution in [0, 0.1) is 0 Å². The van der Waals surface area contributed by atoms with Crippen LogP contribution in [0.4, 0.5) is 0 Å². The molecule has 10 aromatic carbocycles. The SMILES string of the molecule is c1ccc(-c2nc(-c3ccccc3)nc(-c3ccccc3-n3c4ccccc4c4ccc5c6ccccc6n(-c6nc(-c7ccccc7)nc(-c7cccc8ccc9ccccc9c78)n6)c5c43)n2)cc1. The smallest absolute Gasteiger partial charge is 0.238 e. The molecule has 0 amide bonds. The molecule has 0 saturated heterocycles. The Kier molecular flexibility index (Phi) is 9.03. The first-order chi connectivity index (χ1) is 34.7. The highest BCUT2D eigenvalue weighted by molar-refractivity contribution is 6.24. The van der Waals surface area contributed by atoms with Crippen LogP contribution in [0.3, 0.4) is 0 Å². The molecule has 0 aliphatic carbocycles. The van der Waals surface area contributed by atoms with Crippen LogP contribution >= 0.6 is 0 Å². The first-order valence-electron chi connectivity index (χ1n) is 23.4. The minimum Gasteiger partial charge on any atom is -0.306 e. The zero-order valence-electron chi connectivity index (χ0n) is 37.5. The number of hydrogen-bond acceptors (Lipinski definition) is 6. The largest absolute Gasteiger partial charge is 0.306 e. The second kappa shape index (κ2) is 16.0. The fourth-order valence-corrected chi connectivity index (χ4v) is 10.3. The van der Waals surface area contributed by atoms with E-state index in [0.717, 1.165) is 98.7 Å². The van der Waals surface area contributed by atoms with Crippen molar-refractivity contribution < 1.29 is 0 Å². The van der Waals surface area contributed by atoms with Crippen LogP contribution in [0.25, 0.3) is 134 Å². The van der Waals surface area contributed by atoms with E-state index in [-0.39, 0.29) is 0 Å². The molecule has 0 bridgehead atoms. The highest BCUT2D eigenvalue weighted by Gasteiger charge is 2.26. The van der Waals surface area contributed by atoms with Crippen LogP contribution in [-0.4, -0.2) is 39.0 Å². The standard InChI is InChI=1S/C62H38N8/c1-4-20-41(21-5-1)57-63-58(42-22-6-2-7-23-42)65-60(64-57)49-30-14-17-34-53(49)69-51-32-15-12-28-45(51)47-37-38-48-46-29-13-16-33-52(46)70(56(48)55(47)69)62-67-59(43-24-8-3-9-25-43)66-61(68-62)50-31-18-26-40-36-35-39-19-10-11-27-44(39)54(40)50/h1-38H. The van der Waals surface area contributed by atoms with Gasteiger partial charge >= 0.3 is 0 Å². The van der Waals surface area contributed by atoms with Crippen molar-refractivity contribution >= 4 is 65.2 Å². The van der Waals surface area contributed by atoms with Crippen molar-refractivity contribution in [1.82, 2.24) is 39.0 Å². The van der Waals surface area contributed by atoms with Gasteiger partial charge in [0, 0.05) is 54.7 Å². The summed E-state index contributed by atoms with van der Waals surface area (Å²) in [4.78, 5) is 31.8. The second-order valence-electron chi connectivity index (χ2n) is 17.5. The van der Waals surface area contributed by atoms with Crippen LogP contribution in [0.15, 0.2) is 231 Å². The van der Waals surface area contributed by atoms with Gasteiger partial charge < -0.3 is 4.57 Å². The van der Waals surface area contributed by atoms with Gasteiger partial charge in [0.05, 0.1) is 27.8 Å². The Hall–Kier alpha value is -9.66. The molecule has 326 valence electrons. The van der Waals surface area contributed by atoms with Crippen molar-refractivity contribution in [3.05, 3.63) is 231 Å². The van der Waals surface area contributed by atoms with Gasteiger partial charge in [0.15, 0.2) is 29.1 Å². The van der Waals surface area contributed by atoms with Gasteiger partial charge in [-0.15, -0.1) is 0 Å². The van der Waals surface area contributed by atoms with Crippen molar-refractivity contribution in [2.45, 2.75) is 0 Å². The summed E-state index contributed by atoms with van der Waals surface area (Å²) < 4.78 is 4.62. The molecular weight excluding hydrogens is 857 g/mol. The molecule has 14 aromatic rings. The van der Waals surface area contributed by atoms with Gasteiger partial charge in [-0.1, -0.05) is 206 Å². The molecule has 0 radical (unpaired) electrons. The summed E-state index contributed by atoms with van der Waals surface area (Å²) >= 11 is 0. The lowest BCUT2D eigenvalue weighted by molar-refractivity contribution is 0.954. The van der Waals surface area contributed by atoms with Crippen LogP contribution in [0.5, 0.6) is 0 Å². The highest BCUT2D eigenvalue weighted by atomic mass is 15.2. The Labute approximate surface area is 401 Å². The van der Waals surface area contributed by atoms with Crippen molar-refractivity contribution in [2.24, 2.45) is 0 Å². The normalized spacial score (nSPS) is 11.7. The first-order valence-corrected chi connectivity index (χ1v) is 23.4. The van der Waals surface area contributed by atoms with E-state index in [1.165, 1.54) is 0 Å². The maximum atomic E-state index is 5.54. The fourth-order valence-electron chi connectivity index (χ4n) is 10.3. The monoisotopic (exact) mass is 894 g/mol. The molecule has 0 fully saturated rings. The number of fused-ring (bicyclic) bond motifs is 10. The van der Waals surface area contributed by atoms with Gasteiger partial charge in [0.25, 0.3) is 0 Å². The number of rotatable bonds is 7. The van der Waals surface area contributed by atoms with Crippen molar-refractivity contribution in [3.8, 4) is 68.6 Å². The van der Waals surface area contributed by atoms with Crippen molar-refractivity contribution in [3.63, 3.8) is 0 Å². The summed E-state index contributed by atoms with van der Waals surface area (Å²) in [5, 5.41) is 8.87. The summed E-state index contributed by atoms with van der Waals surface area (Å²) in [5.41, 5.74) is 9.42. The summed E-state index contributed by atoms with van der Waals surface area (Å²) in [6, 6.07) is 79.8. The minimum atomic E-state index is 0.516. The molecule has 0 N–H and O–H groups in total. The quantitative estimate of drug-likeness (QED) is 0.148. The lowest BCUT2D eigenvalue weighted by atomic mass is 9.97. The number of aromatic nitrogens is 8. The predicted molar refractivity (Wildman–Crippen MR) is 284 cm³/mol. The zero-order chi connectivity index (χ0) is 46.1. The molecule has 8 heteroatoms. The van der Waals surface area contributed by atoms with Gasteiger partial charge in [-0.3, -0.25) is 4.57 Å². The topological polar surface area (TPSA) is 87.2 Å². The van der Waals surface area contributed by atoms with E-state index in [9.17, 15) is 0 Å². The van der Waals surface area contributed by atoms with Crippen molar-refractivity contribution in [2.75, 3.05) is 0 Å². The van der Waals surface area contributed by atoms with E-state index in [2.05, 4.69) is 161 Å². The average molecular weight is 895 g/mol. The molecule has 0 spiro atoms. The predicted octanol–water partition coefficient (Wildman–Crippen LogP) is 14.9. The van der Waals surface area contributed by atoms with E-state index >= 15 is 0 Å². The number of nitrogens with zero attached hydrogens (tertiary/aromatic N) is 8. The molecule has 0 aliphatic heterocycles. The number of hydrogen-bond donors (Lipinski definition) is 0. The van der Waals surface area contributed by atoms with E-state index in [1.54, 1.807) is 0 Å². The molecule has 0 saturated carbocycles. The lowest BCUT2D eigenvalue weighted by Crippen LogP contribution is -2.08. The lowest BCUT2D eigenvalue weighted by Gasteiger charge is -2.16. The van der Waals surface area contributed by atoms with Crippen LogP contribution < -0.4 is 0 Å². The highest BCUT2D eigenvalue weighted by Crippen LogP contribution is 2.43. The summed E-state index contributed by atoms with van der Waals surface area (Å²) in [7, 11) is 0. The molecule has 70 heavy (non-hydrogen) atoms. The molecule has 0 atom stereocenters. The van der Waals surface area contributed by atoms with Gasteiger partial charge in [-0.05, 0) is 40.4 Å². The summed E-state index contributed by atoms with van der Waals surface area (Å²) in [5.74, 6) is 3.46. The number of para-hydroxylation sites is 3. The molecule has 14 rings (SSSR count). The average Bonchev–Trinajstić information content (AvgIpc) is 3.96. The number of benzene rings is 10. The Morgan fingerprint density at radius 3 is 1.33 bits per heavy atom. The molecule has 0 unspecified atom stereocenters. The maximum absolute atomic E-state index is 5.54. The van der Waals surface area contributed by atoms with Crippen molar-refractivity contribution in [1.29, 1.82) is 0 Å². The van der Waals surface area contributed by atoms with E-state index in [0.29, 0.717) is 35.1 Å². The third-order valence-electron chi connectivity index (χ3n) is 13.4. The van der Waals surface area contributed by atoms with E-state index < -0.39 is 0 Å². The van der Waals surface area contributed by atoms with Gasteiger partial charge in [0.1, 0.15) is 0 Å². The van der Waals surface area contributed by atoms with Gasteiger partial charge in [0.2, 0.25) is 5.95 Å². The first kappa shape index (κ1) is 39.5. The Bertz CT molecular complexity index is 4290. The molecule has 4 aromatic heterocycles. The zero-order valence-corrected chi connectivity index (χ0v) is 37.5. The van der Waals surface area contributed by atoms with Crippen LogP contribution in [0.1, 0.15) is 0 Å². The Balaban J connectivity index is 1.09. The van der Waals surface area contributed by atoms with Gasteiger partial charge in [-0.2, -0.15) is 9.97 Å². The third kappa shape index (κ3) is 6.31. The van der Waals surface area contributed by atoms with E-state index in [1.807, 2.05) is 78.9 Å². The Morgan fingerprint density at radius 2 is 0.686 bits per heavy atom. The summed E-state index contributed by atoms with van der Waals surface area (Å²) in [6.45, 7) is 0. The molecule has 8 nitrogen and oxygen atoms in total. The van der Waals surface area contributed by atoms with E-state index in [4.69, 9.17) is 29.9 Å². The third-order valence-corrected chi connectivity index (χ3v) is 13.4. The summed E-state index contributed by atoms with van der Waals surface area (Å²) in [6.07, 6.45) is 0. The maximum Gasteiger partial charge on any atom is 0.238 e. The molecule has 0 aliphatic rings. The molecular formula is C62H38N8. The second-order valence-corrected chi connectivity index (χ2v) is 17.5. The van der Waals surface area contributed by atoms with Crippen LogP contribution in [-0.2, 0) is 0 Å². The molecule has 4 heterocycles. The Morgan fingerprint density at radius 1 is 0.257 bits per heavy atom. The van der Waals surface area contributed by atoms with Crippen LogP contribution in [0.2, 0.25) is 0 Å².